The molecule has 0 aliphatic carbocycles. The lowest BCUT2D eigenvalue weighted by Gasteiger charge is -2.22. The van der Waals surface area contributed by atoms with Gasteiger partial charge in [0.15, 0.2) is 0 Å². The van der Waals surface area contributed by atoms with Gasteiger partial charge in [-0.1, -0.05) is 32.9 Å². The first-order valence-corrected chi connectivity index (χ1v) is 8.90. The highest BCUT2D eigenvalue weighted by Gasteiger charge is 2.25. The first kappa shape index (κ1) is 18.8. The molecular weight excluding hydrogens is 342 g/mol. The Morgan fingerprint density at radius 1 is 1.26 bits per heavy atom. The minimum absolute atomic E-state index is 0.0312. The zero-order valence-corrected chi connectivity index (χ0v) is 16.1. The molecule has 142 valence electrons. The number of hydrogen-bond acceptors (Lipinski definition) is 5. The summed E-state index contributed by atoms with van der Waals surface area (Å²) in [5, 5.41) is 3.57. The molecule has 0 aliphatic heterocycles. The number of hydrogen-bond donors (Lipinski definition) is 3. The zero-order chi connectivity index (χ0) is 19.6. The Bertz CT molecular complexity index is 960. The summed E-state index contributed by atoms with van der Waals surface area (Å²) in [5.41, 5.74) is 9.41. The molecule has 0 saturated heterocycles. The van der Waals surface area contributed by atoms with E-state index in [-0.39, 0.29) is 11.2 Å². The summed E-state index contributed by atoms with van der Waals surface area (Å²) in [6.45, 7) is 6.93. The Kier molecular flexibility index (Phi) is 5.14. The molecule has 0 bridgehead atoms. The van der Waals surface area contributed by atoms with Crippen LogP contribution < -0.4 is 11.1 Å². The van der Waals surface area contributed by atoms with Crippen molar-refractivity contribution in [2.24, 2.45) is 0 Å². The number of anilines is 2. The molecule has 7 nitrogen and oxygen atoms in total. The second-order valence-electron chi connectivity index (χ2n) is 7.18. The number of fused-ring (bicyclic) bond motifs is 1. The van der Waals surface area contributed by atoms with Crippen molar-refractivity contribution >= 4 is 28.4 Å². The van der Waals surface area contributed by atoms with E-state index >= 15 is 0 Å². The van der Waals surface area contributed by atoms with Gasteiger partial charge in [-0.3, -0.25) is 4.79 Å². The molecule has 0 aliphatic rings. The van der Waals surface area contributed by atoms with E-state index < -0.39 is 5.91 Å². The van der Waals surface area contributed by atoms with E-state index in [2.05, 4.69) is 41.0 Å². The smallest absolute Gasteiger partial charge is 0.293 e. The molecule has 27 heavy (non-hydrogen) atoms. The molecular formula is C20H25N5O2. The first-order chi connectivity index (χ1) is 12.9. The number of rotatable bonds is 6. The molecule has 0 atom stereocenters. The number of carbonyl (C=O) groups excluding carboxylic acids is 1. The fraction of sp³-hybridized carbons (Fsp3) is 0.350. The number of nitrogens with zero attached hydrogens (tertiary/aromatic N) is 2. The Labute approximate surface area is 158 Å². The lowest BCUT2D eigenvalue weighted by atomic mass is 9.82. The first-order valence-electron chi connectivity index (χ1n) is 8.90. The van der Waals surface area contributed by atoms with Crippen molar-refractivity contribution in [2.75, 3.05) is 18.2 Å². The van der Waals surface area contributed by atoms with Crippen molar-refractivity contribution in [1.82, 2.24) is 15.0 Å². The maximum absolute atomic E-state index is 12.6. The summed E-state index contributed by atoms with van der Waals surface area (Å²) in [6.07, 6.45) is 2.84. The third kappa shape index (κ3) is 3.78. The molecule has 4 N–H and O–H groups in total. The highest BCUT2D eigenvalue weighted by Crippen LogP contribution is 2.34. The van der Waals surface area contributed by atoms with E-state index in [4.69, 9.17) is 10.5 Å². The molecule has 7 heteroatoms. The summed E-state index contributed by atoms with van der Waals surface area (Å²) >= 11 is 0. The third-order valence-corrected chi connectivity index (χ3v) is 4.90. The predicted octanol–water partition coefficient (Wildman–Crippen LogP) is 3.63. The molecule has 2 heterocycles. The summed E-state index contributed by atoms with van der Waals surface area (Å²) in [6, 6.07) is 7.40. The lowest BCUT2D eigenvalue weighted by Crippen LogP contribution is -2.18. The second kappa shape index (κ2) is 7.36. The van der Waals surface area contributed by atoms with Gasteiger partial charge in [-0.2, -0.15) is 0 Å². The van der Waals surface area contributed by atoms with E-state index in [0.29, 0.717) is 23.8 Å². The molecule has 2 aromatic heterocycles. The van der Waals surface area contributed by atoms with E-state index in [1.807, 2.05) is 30.5 Å². The number of methoxy groups -OCH3 is 1. The number of aromatic nitrogens is 3. The van der Waals surface area contributed by atoms with Gasteiger partial charge in [-0.15, -0.1) is 0 Å². The lowest BCUT2D eigenvalue weighted by molar-refractivity contribution is 0.101. The van der Waals surface area contributed by atoms with Gasteiger partial charge in [0.25, 0.3) is 5.91 Å². The van der Waals surface area contributed by atoms with Crippen LogP contribution in [0.3, 0.4) is 0 Å². The largest absolute Gasteiger partial charge is 0.383 e. The predicted molar refractivity (Wildman–Crippen MR) is 107 cm³/mol. The van der Waals surface area contributed by atoms with Crippen molar-refractivity contribution in [3.05, 3.63) is 47.4 Å². The average molecular weight is 367 g/mol. The fourth-order valence-electron chi connectivity index (χ4n) is 2.92. The van der Waals surface area contributed by atoms with Crippen molar-refractivity contribution < 1.29 is 9.53 Å². The standard InChI is InChI=1S/C20H25N5O2/c1-5-20(2,3)14-10-22-17-15(14)16(21)24-18(25-17)19(26)23-13-8-6-12(7-9-13)11-27-4/h6-10H,5,11H2,1-4H3,(H,23,26)(H3,21,22,24,25). The number of ether oxygens (including phenoxy) is 1. The van der Waals surface area contributed by atoms with Crippen molar-refractivity contribution in [2.45, 2.75) is 39.2 Å². The van der Waals surface area contributed by atoms with Crippen LogP contribution in [0.5, 0.6) is 0 Å². The molecule has 0 saturated carbocycles. The van der Waals surface area contributed by atoms with Crippen molar-refractivity contribution in [1.29, 1.82) is 0 Å². The van der Waals surface area contributed by atoms with Crippen LogP contribution in [-0.4, -0.2) is 28.0 Å². The van der Waals surface area contributed by atoms with Gasteiger partial charge in [0, 0.05) is 19.0 Å². The number of carbonyl (C=O) groups is 1. The van der Waals surface area contributed by atoms with Crippen LogP contribution in [-0.2, 0) is 16.8 Å². The van der Waals surface area contributed by atoms with Gasteiger partial charge < -0.3 is 20.8 Å². The van der Waals surface area contributed by atoms with Gasteiger partial charge in [0.05, 0.1) is 12.0 Å². The molecule has 3 rings (SSSR count). The van der Waals surface area contributed by atoms with Crippen LogP contribution >= 0.6 is 0 Å². The van der Waals surface area contributed by atoms with Gasteiger partial charge in [-0.25, -0.2) is 9.97 Å². The number of benzene rings is 1. The molecule has 0 radical (unpaired) electrons. The number of H-pyrrole nitrogens is 1. The van der Waals surface area contributed by atoms with Crippen molar-refractivity contribution in [3.63, 3.8) is 0 Å². The Balaban J connectivity index is 1.87. The Hall–Kier alpha value is -2.93. The Morgan fingerprint density at radius 2 is 1.96 bits per heavy atom. The monoisotopic (exact) mass is 367 g/mol. The van der Waals surface area contributed by atoms with E-state index in [9.17, 15) is 4.79 Å². The van der Waals surface area contributed by atoms with Crippen LogP contribution in [0.4, 0.5) is 11.5 Å². The molecule has 3 aromatic rings. The molecule has 1 aromatic carbocycles. The highest BCUT2D eigenvalue weighted by molar-refractivity contribution is 6.03. The number of nitrogens with two attached hydrogens (primary N) is 1. The van der Waals surface area contributed by atoms with Crippen LogP contribution in [0.15, 0.2) is 30.5 Å². The van der Waals surface area contributed by atoms with Gasteiger partial charge in [-0.05, 0) is 35.1 Å². The van der Waals surface area contributed by atoms with E-state index in [1.54, 1.807) is 7.11 Å². The quantitative estimate of drug-likeness (QED) is 0.617. The summed E-state index contributed by atoms with van der Waals surface area (Å²) in [4.78, 5) is 24.3. The minimum Gasteiger partial charge on any atom is -0.383 e. The average Bonchev–Trinajstić information content (AvgIpc) is 3.09. The highest BCUT2D eigenvalue weighted by atomic mass is 16.5. The van der Waals surface area contributed by atoms with Gasteiger partial charge in [0.1, 0.15) is 11.5 Å². The molecule has 1 amide bonds. The molecule has 0 fully saturated rings. The Morgan fingerprint density at radius 3 is 2.59 bits per heavy atom. The summed E-state index contributed by atoms with van der Waals surface area (Å²) < 4.78 is 5.08. The van der Waals surface area contributed by atoms with Crippen LogP contribution in [0.1, 0.15) is 48.9 Å². The topological polar surface area (TPSA) is 106 Å². The molecule has 0 spiro atoms. The maximum Gasteiger partial charge on any atom is 0.293 e. The zero-order valence-electron chi connectivity index (χ0n) is 16.1. The summed E-state index contributed by atoms with van der Waals surface area (Å²) in [7, 11) is 1.64. The fourth-order valence-corrected chi connectivity index (χ4v) is 2.92. The SMILES string of the molecule is CCC(C)(C)c1c[nH]c2nc(C(=O)Nc3ccc(COC)cc3)nc(N)c12. The number of aromatic amines is 1. The van der Waals surface area contributed by atoms with E-state index in [0.717, 1.165) is 22.9 Å². The summed E-state index contributed by atoms with van der Waals surface area (Å²) in [5.74, 6) is -0.0731. The minimum atomic E-state index is -0.408. The van der Waals surface area contributed by atoms with Crippen LogP contribution in [0, 0.1) is 0 Å². The normalized spacial score (nSPS) is 11.7. The third-order valence-electron chi connectivity index (χ3n) is 4.90. The van der Waals surface area contributed by atoms with Gasteiger partial charge in [0.2, 0.25) is 5.82 Å². The van der Waals surface area contributed by atoms with Crippen molar-refractivity contribution in [3.8, 4) is 0 Å². The number of amides is 1. The maximum atomic E-state index is 12.6. The number of nitrogens with one attached hydrogen (secondary N) is 2. The van der Waals surface area contributed by atoms with E-state index in [1.165, 1.54) is 0 Å². The van der Waals surface area contributed by atoms with Gasteiger partial charge >= 0.3 is 0 Å². The van der Waals surface area contributed by atoms with Crippen LogP contribution in [0.25, 0.3) is 11.0 Å². The molecule has 0 unspecified atom stereocenters. The second-order valence-corrected chi connectivity index (χ2v) is 7.18. The van der Waals surface area contributed by atoms with Crippen LogP contribution in [0.2, 0.25) is 0 Å². The number of nitrogen functional groups attached to an aromatic ring is 1.